The molecule has 1 aromatic carbocycles. The van der Waals surface area contributed by atoms with Gasteiger partial charge in [-0.15, -0.1) is 0 Å². The lowest BCUT2D eigenvalue weighted by Crippen LogP contribution is -2.18. The molecule has 0 aliphatic rings. The van der Waals surface area contributed by atoms with E-state index in [4.69, 9.17) is 5.14 Å². The Kier molecular flexibility index (Phi) is 3.61. The zero-order valence-electron chi connectivity index (χ0n) is 8.87. The Morgan fingerprint density at radius 1 is 1.31 bits per heavy atom. The third-order valence-electron chi connectivity index (χ3n) is 1.93. The van der Waals surface area contributed by atoms with Gasteiger partial charge >= 0.3 is 0 Å². The highest BCUT2D eigenvalue weighted by atomic mass is 32.2. The number of nitrogens with zero attached hydrogens (tertiary/aromatic N) is 1. The maximum Gasteiger partial charge on any atom is 0.240 e. The SMILES string of the molecule is CN(C)Cc1c(F)ccc(S(N)(=O)=O)c1F. The number of hydrogen-bond acceptors (Lipinski definition) is 3. The van der Waals surface area contributed by atoms with Gasteiger partial charge in [0.05, 0.1) is 0 Å². The largest absolute Gasteiger partial charge is 0.305 e. The molecule has 16 heavy (non-hydrogen) atoms. The van der Waals surface area contributed by atoms with Gasteiger partial charge in [0.15, 0.2) is 5.82 Å². The lowest BCUT2D eigenvalue weighted by Gasteiger charge is -2.12. The molecule has 0 unspecified atom stereocenters. The van der Waals surface area contributed by atoms with E-state index in [0.717, 1.165) is 12.1 Å². The fraction of sp³-hybridized carbons (Fsp3) is 0.333. The fourth-order valence-corrected chi connectivity index (χ4v) is 1.89. The number of primary sulfonamides is 1. The van der Waals surface area contributed by atoms with E-state index in [1.54, 1.807) is 14.1 Å². The lowest BCUT2D eigenvalue weighted by atomic mass is 10.2. The summed E-state index contributed by atoms with van der Waals surface area (Å²) in [7, 11) is -0.942. The second-order valence-electron chi connectivity index (χ2n) is 3.62. The van der Waals surface area contributed by atoms with Crippen molar-refractivity contribution in [2.75, 3.05) is 14.1 Å². The molecule has 1 aromatic rings. The van der Waals surface area contributed by atoms with Crippen molar-refractivity contribution in [3.8, 4) is 0 Å². The molecule has 0 heterocycles. The summed E-state index contributed by atoms with van der Waals surface area (Å²) in [6, 6.07) is 1.71. The summed E-state index contributed by atoms with van der Waals surface area (Å²) in [6.07, 6.45) is 0. The van der Waals surface area contributed by atoms with Gasteiger partial charge in [-0.3, -0.25) is 0 Å². The van der Waals surface area contributed by atoms with Crippen LogP contribution in [0.25, 0.3) is 0 Å². The fourth-order valence-electron chi connectivity index (χ4n) is 1.26. The van der Waals surface area contributed by atoms with Gasteiger partial charge in [0, 0.05) is 12.1 Å². The number of nitrogens with two attached hydrogens (primary N) is 1. The minimum absolute atomic E-state index is 0.0406. The topological polar surface area (TPSA) is 63.4 Å². The summed E-state index contributed by atoms with van der Waals surface area (Å²) in [6.45, 7) is -0.0406. The molecule has 0 aromatic heterocycles. The van der Waals surface area contributed by atoms with Crippen LogP contribution < -0.4 is 5.14 Å². The van der Waals surface area contributed by atoms with Crippen LogP contribution in [0.1, 0.15) is 5.56 Å². The number of benzene rings is 1. The molecular weight excluding hydrogens is 238 g/mol. The second-order valence-corrected chi connectivity index (χ2v) is 5.15. The van der Waals surface area contributed by atoms with Crippen LogP contribution in [0, 0.1) is 11.6 Å². The second kappa shape index (κ2) is 4.44. The minimum atomic E-state index is -4.17. The highest BCUT2D eigenvalue weighted by Crippen LogP contribution is 2.20. The average Bonchev–Trinajstić information content (AvgIpc) is 2.09. The van der Waals surface area contributed by atoms with Crippen molar-refractivity contribution in [1.29, 1.82) is 0 Å². The molecular formula is C9H12F2N2O2S. The third-order valence-corrected chi connectivity index (χ3v) is 2.86. The molecule has 0 spiro atoms. The Labute approximate surface area is 92.7 Å². The van der Waals surface area contributed by atoms with Crippen molar-refractivity contribution in [1.82, 2.24) is 4.90 Å². The van der Waals surface area contributed by atoms with Crippen LogP contribution in [0.5, 0.6) is 0 Å². The molecule has 0 saturated carbocycles. The molecule has 0 aliphatic carbocycles. The summed E-state index contributed by atoms with van der Waals surface area (Å²) in [5.74, 6) is -1.92. The lowest BCUT2D eigenvalue weighted by molar-refractivity contribution is 0.377. The molecule has 7 heteroatoms. The van der Waals surface area contributed by atoms with Gasteiger partial charge in [-0.05, 0) is 26.2 Å². The third kappa shape index (κ3) is 2.75. The van der Waals surface area contributed by atoms with Gasteiger partial charge < -0.3 is 4.90 Å². The molecule has 0 radical (unpaired) electrons. The molecule has 0 saturated heterocycles. The van der Waals surface area contributed by atoms with Crippen molar-refractivity contribution < 1.29 is 17.2 Å². The first-order valence-electron chi connectivity index (χ1n) is 4.38. The molecule has 0 amide bonds. The molecule has 0 fully saturated rings. The molecule has 1 rings (SSSR count). The summed E-state index contributed by atoms with van der Waals surface area (Å²) in [5.41, 5.74) is -0.309. The highest BCUT2D eigenvalue weighted by Gasteiger charge is 2.20. The molecule has 0 atom stereocenters. The quantitative estimate of drug-likeness (QED) is 0.857. The Morgan fingerprint density at radius 3 is 2.31 bits per heavy atom. The summed E-state index contributed by atoms with van der Waals surface area (Å²) in [5, 5.41) is 4.80. The van der Waals surface area contributed by atoms with Gasteiger partial charge in [-0.1, -0.05) is 0 Å². The van der Waals surface area contributed by atoms with Gasteiger partial charge in [-0.25, -0.2) is 22.3 Å². The van der Waals surface area contributed by atoms with Crippen LogP contribution >= 0.6 is 0 Å². The number of rotatable bonds is 3. The maximum absolute atomic E-state index is 13.7. The van der Waals surface area contributed by atoms with Gasteiger partial charge in [-0.2, -0.15) is 0 Å². The normalized spacial score (nSPS) is 12.1. The summed E-state index contributed by atoms with van der Waals surface area (Å²) >= 11 is 0. The minimum Gasteiger partial charge on any atom is -0.305 e. The Morgan fingerprint density at radius 2 is 1.88 bits per heavy atom. The Balaban J connectivity index is 3.39. The summed E-state index contributed by atoms with van der Waals surface area (Å²) < 4.78 is 48.9. The first-order chi connectivity index (χ1) is 7.23. The molecule has 4 nitrogen and oxygen atoms in total. The predicted molar refractivity (Wildman–Crippen MR) is 55.1 cm³/mol. The molecule has 2 N–H and O–H groups in total. The van der Waals surface area contributed by atoms with Crippen LogP contribution in [0.2, 0.25) is 0 Å². The van der Waals surface area contributed by atoms with Crippen molar-refractivity contribution in [3.05, 3.63) is 29.3 Å². The zero-order valence-corrected chi connectivity index (χ0v) is 9.68. The van der Waals surface area contributed by atoms with Gasteiger partial charge in [0.2, 0.25) is 10.0 Å². The van der Waals surface area contributed by atoms with E-state index in [2.05, 4.69) is 0 Å². The monoisotopic (exact) mass is 250 g/mol. The zero-order chi connectivity index (χ0) is 12.5. The van der Waals surface area contributed by atoms with Crippen LogP contribution in [0.4, 0.5) is 8.78 Å². The van der Waals surface area contributed by atoms with Crippen LogP contribution in [0.15, 0.2) is 17.0 Å². The molecule has 90 valence electrons. The van der Waals surface area contributed by atoms with Crippen molar-refractivity contribution in [2.24, 2.45) is 5.14 Å². The van der Waals surface area contributed by atoms with E-state index in [9.17, 15) is 17.2 Å². The highest BCUT2D eigenvalue weighted by molar-refractivity contribution is 7.89. The van der Waals surface area contributed by atoms with E-state index in [1.165, 1.54) is 4.90 Å². The van der Waals surface area contributed by atoms with E-state index in [0.29, 0.717) is 0 Å². The molecule has 0 aliphatic heterocycles. The van der Waals surface area contributed by atoms with Crippen LogP contribution in [-0.2, 0) is 16.6 Å². The van der Waals surface area contributed by atoms with Crippen molar-refractivity contribution in [2.45, 2.75) is 11.4 Å². The molecule has 0 bridgehead atoms. The standard InChI is InChI=1S/C9H12F2N2O2S/c1-13(2)5-6-7(10)3-4-8(9(6)11)16(12,14)15/h3-4H,5H2,1-2H3,(H2,12,14,15). The first kappa shape index (κ1) is 13.0. The van der Waals surface area contributed by atoms with Gasteiger partial charge in [0.25, 0.3) is 0 Å². The van der Waals surface area contributed by atoms with Crippen LogP contribution in [0.3, 0.4) is 0 Å². The van der Waals surface area contributed by atoms with E-state index >= 15 is 0 Å². The van der Waals surface area contributed by atoms with E-state index in [1.807, 2.05) is 0 Å². The Bertz CT molecular complexity index is 500. The number of sulfonamides is 1. The van der Waals surface area contributed by atoms with E-state index < -0.39 is 26.6 Å². The first-order valence-corrected chi connectivity index (χ1v) is 5.92. The van der Waals surface area contributed by atoms with Gasteiger partial charge in [0.1, 0.15) is 10.7 Å². The predicted octanol–water partition coefficient (Wildman–Crippen LogP) is 0.674. The smallest absolute Gasteiger partial charge is 0.240 e. The summed E-state index contributed by atoms with van der Waals surface area (Å²) in [4.78, 5) is 0.833. The van der Waals surface area contributed by atoms with E-state index in [-0.39, 0.29) is 12.1 Å². The number of hydrogen-bond donors (Lipinski definition) is 1. The average molecular weight is 250 g/mol. The number of halogens is 2. The van der Waals surface area contributed by atoms with Crippen LogP contribution in [-0.4, -0.2) is 27.4 Å². The maximum atomic E-state index is 13.7. The Hall–Kier alpha value is -1.05. The van der Waals surface area contributed by atoms with Crippen molar-refractivity contribution >= 4 is 10.0 Å². The van der Waals surface area contributed by atoms with Crippen molar-refractivity contribution in [3.63, 3.8) is 0 Å².